The molecular formula is C20H27N3O3. The lowest BCUT2D eigenvalue weighted by atomic mass is 9.97. The molecule has 2 heterocycles. The third-order valence-corrected chi connectivity index (χ3v) is 4.93. The largest absolute Gasteiger partial charge is 0.466 e. The molecule has 3 rings (SSSR count). The number of hydrogen-bond donors (Lipinski definition) is 1. The quantitative estimate of drug-likeness (QED) is 0.638. The molecule has 6 heteroatoms. The first-order valence-corrected chi connectivity index (χ1v) is 9.42. The Hall–Kier alpha value is -2.50. The molecule has 140 valence electrons. The summed E-state index contributed by atoms with van der Waals surface area (Å²) in [4.78, 5) is 25.8. The van der Waals surface area contributed by atoms with Crippen LogP contribution in [0.1, 0.15) is 26.2 Å². The highest BCUT2D eigenvalue weighted by atomic mass is 16.5. The van der Waals surface area contributed by atoms with E-state index >= 15 is 0 Å². The highest BCUT2D eigenvalue weighted by molar-refractivity contribution is 5.80. The molecule has 1 fully saturated rings. The molecule has 1 saturated heterocycles. The van der Waals surface area contributed by atoms with Crippen molar-refractivity contribution in [1.29, 1.82) is 0 Å². The Bertz CT molecular complexity index is 748. The summed E-state index contributed by atoms with van der Waals surface area (Å²) in [6, 6.07) is 10.4. The molecule has 0 spiro atoms. The van der Waals surface area contributed by atoms with E-state index in [1.54, 1.807) is 4.90 Å². The molecule has 26 heavy (non-hydrogen) atoms. The Morgan fingerprint density at radius 2 is 1.96 bits per heavy atom. The second-order valence-electron chi connectivity index (χ2n) is 6.67. The molecule has 0 saturated carbocycles. The Kier molecular flexibility index (Phi) is 6.15. The zero-order valence-corrected chi connectivity index (χ0v) is 15.3. The zero-order valence-electron chi connectivity index (χ0n) is 15.3. The molecule has 1 aromatic heterocycles. The van der Waals surface area contributed by atoms with Crippen molar-refractivity contribution in [1.82, 2.24) is 14.8 Å². The Balaban J connectivity index is 1.38. The van der Waals surface area contributed by atoms with E-state index in [9.17, 15) is 9.59 Å². The number of ether oxygens (including phenoxy) is 1. The van der Waals surface area contributed by atoms with Crippen LogP contribution < -0.4 is 5.32 Å². The number of carbonyl (C=O) groups is 2. The van der Waals surface area contributed by atoms with Crippen molar-refractivity contribution in [3.63, 3.8) is 0 Å². The molecule has 2 amide bonds. The van der Waals surface area contributed by atoms with Gasteiger partial charge in [-0.3, -0.25) is 4.79 Å². The fraction of sp³-hybridized carbons (Fsp3) is 0.500. The molecule has 1 N–H and O–H groups in total. The van der Waals surface area contributed by atoms with Gasteiger partial charge in [0.25, 0.3) is 0 Å². The van der Waals surface area contributed by atoms with Crippen molar-refractivity contribution in [2.75, 3.05) is 26.2 Å². The van der Waals surface area contributed by atoms with Crippen molar-refractivity contribution in [3.8, 4) is 0 Å². The number of aromatic nitrogens is 1. The van der Waals surface area contributed by atoms with Crippen LogP contribution >= 0.6 is 0 Å². The smallest absolute Gasteiger partial charge is 0.317 e. The molecule has 0 radical (unpaired) electrons. The van der Waals surface area contributed by atoms with Gasteiger partial charge >= 0.3 is 12.0 Å². The number of esters is 1. The van der Waals surface area contributed by atoms with Gasteiger partial charge < -0.3 is 19.5 Å². The van der Waals surface area contributed by atoms with Gasteiger partial charge in [0.15, 0.2) is 0 Å². The monoisotopic (exact) mass is 357 g/mol. The van der Waals surface area contributed by atoms with E-state index in [1.165, 1.54) is 10.9 Å². The molecule has 0 aliphatic carbocycles. The molecule has 0 bridgehead atoms. The van der Waals surface area contributed by atoms with Crippen LogP contribution in [0, 0.1) is 5.92 Å². The summed E-state index contributed by atoms with van der Waals surface area (Å²) in [7, 11) is 0. The average molecular weight is 357 g/mol. The number of rotatable bonds is 6. The third-order valence-electron chi connectivity index (χ3n) is 4.93. The van der Waals surface area contributed by atoms with Gasteiger partial charge in [-0.2, -0.15) is 0 Å². The molecule has 1 aliphatic rings. The molecule has 6 nitrogen and oxygen atoms in total. The molecule has 2 aromatic rings. The van der Waals surface area contributed by atoms with E-state index in [-0.39, 0.29) is 17.9 Å². The number of para-hydroxylation sites is 1. The fourth-order valence-corrected chi connectivity index (χ4v) is 3.47. The minimum absolute atomic E-state index is 0.0373. The molecule has 1 aromatic carbocycles. The lowest BCUT2D eigenvalue weighted by Crippen LogP contribution is -2.46. The van der Waals surface area contributed by atoms with Crippen molar-refractivity contribution >= 4 is 22.9 Å². The van der Waals surface area contributed by atoms with Crippen LogP contribution in [0.2, 0.25) is 0 Å². The Morgan fingerprint density at radius 3 is 2.73 bits per heavy atom. The van der Waals surface area contributed by atoms with Gasteiger partial charge in [0.1, 0.15) is 0 Å². The molecule has 0 atom stereocenters. The van der Waals surface area contributed by atoms with E-state index in [2.05, 4.69) is 34.3 Å². The molecule has 0 unspecified atom stereocenters. The Labute approximate surface area is 154 Å². The summed E-state index contributed by atoms with van der Waals surface area (Å²) in [6.45, 7) is 4.96. The number of benzene rings is 1. The van der Waals surface area contributed by atoms with E-state index in [4.69, 9.17) is 4.74 Å². The van der Waals surface area contributed by atoms with Gasteiger partial charge in [-0.15, -0.1) is 0 Å². The van der Waals surface area contributed by atoms with Crippen molar-refractivity contribution in [2.24, 2.45) is 5.92 Å². The minimum Gasteiger partial charge on any atom is -0.466 e. The summed E-state index contributed by atoms with van der Waals surface area (Å²) < 4.78 is 7.28. The first kappa shape index (κ1) is 18.3. The number of carbonyl (C=O) groups excluding carboxylic acids is 2. The molecule has 1 aliphatic heterocycles. The van der Waals surface area contributed by atoms with E-state index < -0.39 is 0 Å². The summed E-state index contributed by atoms with van der Waals surface area (Å²) >= 11 is 0. The van der Waals surface area contributed by atoms with Crippen molar-refractivity contribution in [2.45, 2.75) is 32.7 Å². The zero-order chi connectivity index (χ0) is 18.4. The third kappa shape index (κ3) is 4.36. The summed E-state index contributed by atoms with van der Waals surface area (Å²) in [6.07, 6.45) is 4.33. The van der Waals surface area contributed by atoms with Crippen LogP contribution in [0.5, 0.6) is 0 Å². The van der Waals surface area contributed by atoms with Gasteiger partial charge in [0, 0.05) is 37.9 Å². The van der Waals surface area contributed by atoms with Crippen molar-refractivity contribution < 1.29 is 14.3 Å². The summed E-state index contributed by atoms with van der Waals surface area (Å²) in [5.41, 5.74) is 1.22. The van der Waals surface area contributed by atoms with Gasteiger partial charge in [-0.1, -0.05) is 18.2 Å². The minimum atomic E-state index is -0.133. The van der Waals surface area contributed by atoms with Gasteiger partial charge in [-0.25, -0.2) is 4.79 Å². The van der Waals surface area contributed by atoms with Crippen LogP contribution in [0.3, 0.4) is 0 Å². The van der Waals surface area contributed by atoms with Crippen LogP contribution in [-0.2, 0) is 16.1 Å². The maximum atomic E-state index is 12.3. The van der Waals surface area contributed by atoms with E-state index in [1.807, 2.05) is 19.1 Å². The predicted octanol–water partition coefficient (Wildman–Crippen LogP) is 3.02. The summed E-state index contributed by atoms with van der Waals surface area (Å²) in [5, 5.41) is 4.23. The maximum Gasteiger partial charge on any atom is 0.317 e. The van der Waals surface area contributed by atoms with E-state index in [0.717, 1.165) is 13.0 Å². The highest BCUT2D eigenvalue weighted by Crippen LogP contribution is 2.19. The maximum absolute atomic E-state index is 12.3. The first-order valence-electron chi connectivity index (χ1n) is 9.42. The normalized spacial score (nSPS) is 15.2. The van der Waals surface area contributed by atoms with Crippen LogP contribution in [0.25, 0.3) is 10.9 Å². The number of hydrogen-bond acceptors (Lipinski definition) is 3. The van der Waals surface area contributed by atoms with Crippen LogP contribution in [0.15, 0.2) is 36.5 Å². The number of urea groups is 1. The van der Waals surface area contributed by atoms with Gasteiger partial charge in [0.2, 0.25) is 0 Å². The highest BCUT2D eigenvalue weighted by Gasteiger charge is 2.27. The number of amides is 2. The molecular weight excluding hydrogens is 330 g/mol. The number of fused-ring (bicyclic) bond motifs is 1. The predicted molar refractivity (Wildman–Crippen MR) is 101 cm³/mol. The van der Waals surface area contributed by atoms with Crippen LogP contribution in [0.4, 0.5) is 4.79 Å². The van der Waals surface area contributed by atoms with Gasteiger partial charge in [0.05, 0.1) is 12.5 Å². The number of likely N-dealkylation sites (tertiary alicyclic amines) is 1. The Morgan fingerprint density at radius 1 is 1.19 bits per heavy atom. The average Bonchev–Trinajstić information content (AvgIpc) is 3.08. The lowest BCUT2D eigenvalue weighted by molar-refractivity contribution is -0.149. The second kappa shape index (κ2) is 8.74. The summed E-state index contributed by atoms with van der Waals surface area (Å²) in [5.74, 6) is -0.201. The number of aryl methyl sites for hydroxylation is 1. The first-order chi connectivity index (χ1) is 12.7. The van der Waals surface area contributed by atoms with Crippen LogP contribution in [-0.4, -0.2) is 47.7 Å². The standard InChI is InChI=1S/C20H27N3O3/c1-2-26-19(24)17-9-14-23(15-10-17)20(25)21-11-5-12-22-13-8-16-6-3-4-7-18(16)22/h3-4,6-8,13,17H,2,5,9-12,14-15H2,1H3,(H,21,25). The fourth-order valence-electron chi connectivity index (χ4n) is 3.47. The second-order valence-corrected chi connectivity index (χ2v) is 6.67. The van der Waals surface area contributed by atoms with E-state index in [0.29, 0.717) is 39.1 Å². The van der Waals surface area contributed by atoms with Crippen molar-refractivity contribution in [3.05, 3.63) is 36.5 Å². The number of piperidine rings is 1. The topological polar surface area (TPSA) is 63.6 Å². The lowest BCUT2D eigenvalue weighted by Gasteiger charge is -2.30. The number of nitrogens with zero attached hydrogens (tertiary/aromatic N) is 2. The number of nitrogens with one attached hydrogen (secondary N) is 1. The SMILES string of the molecule is CCOC(=O)C1CCN(C(=O)NCCCn2ccc3ccccc32)CC1. The van der Waals surface area contributed by atoms with Gasteiger partial charge in [-0.05, 0) is 43.7 Å².